The molecule has 6 heteroatoms. The van der Waals surface area contributed by atoms with Gasteiger partial charge in [-0.2, -0.15) is 0 Å². The first-order chi connectivity index (χ1) is 5.45. The Morgan fingerprint density at radius 2 is 1.92 bits per heavy atom. The number of hydrogen-bond donors (Lipinski definition) is 1. The lowest BCUT2D eigenvalue weighted by Gasteiger charge is -2.14. The average molecular weight is 218 g/mol. The largest absolute Gasteiger partial charge is 0.481 e. The van der Waals surface area contributed by atoms with E-state index in [-0.39, 0.29) is 18.8 Å². The average Bonchev–Trinajstić information content (AvgIpc) is 1.84. The second-order valence-electron chi connectivity index (χ2n) is 2.87. The molecule has 0 fully saturated rings. The van der Waals surface area contributed by atoms with Gasteiger partial charge in [0.05, 0.1) is 0 Å². The highest BCUT2D eigenvalue weighted by atomic mass is 35.5. The molecule has 0 rings (SSSR count). The predicted octanol–water partition coefficient (Wildman–Crippen LogP) is 1.33. The molecule has 0 aliphatic heterocycles. The van der Waals surface area contributed by atoms with Crippen molar-refractivity contribution in [3.63, 3.8) is 0 Å². The van der Waals surface area contributed by atoms with Gasteiger partial charge in [-0.3, -0.25) is 4.79 Å². The van der Waals surface area contributed by atoms with Gasteiger partial charge in [0.2, 0.25) is 0 Å². The molecule has 0 bridgehead atoms. The van der Waals surface area contributed by atoms with E-state index in [4.69, 9.17) is 5.11 Å². The standard InChI is InChI=1S/C7H13F2NO2.ClH/c1-10(2)4-3-5(6(8)9)7(11)12;/h5-6H,3-4H2,1-2H3,(H,11,12);1H/t5-;/m0./s1. The lowest BCUT2D eigenvalue weighted by Crippen LogP contribution is -2.26. The summed E-state index contributed by atoms with van der Waals surface area (Å²) in [4.78, 5) is 11.9. The Hall–Kier alpha value is -0.420. The number of aliphatic carboxylic acids is 1. The summed E-state index contributed by atoms with van der Waals surface area (Å²) in [5.74, 6) is -2.96. The van der Waals surface area contributed by atoms with Crippen molar-refractivity contribution in [3.05, 3.63) is 0 Å². The summed E-state index contributed by atoms with van der Waals surface area (Å²) < 4.78 is 24.0. The van der Waals surface area contributed by atoms with Crippen LogP contribution in [-0.2, 0) is 4.79 Å². The molecule has 0 heterocycles. The van der Waals surface area contributed by atoms with Crippen molar-refractivity contribution in [2.45, 2.75) is 12.8 Å². The Morgan fingerprint density at radius 1 is 1.46 bits per heavy atom. The van der Waals surface area contributed by atoms with Gasteiger partial charge in [-0.05, 0) is 27.1 Å². The maximum atomic E-state index is 12.0. The Bertz CT molecular complexity index is 155. The molecule has 0 saturated carbocycles. The fraction of sp³-hybridized carbons (Fsp3) is 0.857. The summed E-state index contributed by atoms with van der Waals surface area (Å²) in [5.41, 5.74) is 0. The van der Waals surface area contributed by atoms with Crippen molar-refractivity contribution in [1.82, 2.24) is 4.90 Å². The van der Waals surface area contributed by atoms with Crippen LogP contribution in [-0.4, -0.2) is 43.0 Å². The molecule has 0 aliphatic carbocycles. The summed E-state index contributed by atoms with van der Waals surface area (Å²) in [6.07, 6.45) is -2.79. The molecule has 0 aromatic carbocycles. The molecule has 0 aromatic heterocycles. The van der Waals surface area contributed by atoms with Crippen LogP contribution in [0.1, 0.15) is 6.42 Å². The van der Waals surface area contributed by atoms with Crippen LogP contribution in [0.2, 0.25) is 0 Å². The second-order valence-corrected chi connectivity index (χ2v) is 2.87. The van der Waals surface area contributed by atoms with Crippen molar-refractivity contribution < 1.29 is 18.7 Å². The number of nitrogens with zero attached hydrogens (tertiary/aromatic N) is 1. The summed E-state index contributed by atoms with van der Waals surface area (Å²) in [5, 5.41) is 8.36. The molecule has 0 unspecified atom stereocenters. The van der Waals surface area contributed by atoms with Crippen LogP contribution in [0.5, 0.6) is 0 Å². The van der Waals surface area contributed by atoms with Crippen LogP contribution in [0.4, 0.5) is 8.78 Å². The molecule has 0 amide bonds. The molecule has 13 heavy (non-hydrogen) atoms. The number of hydrogen-bond acceptors (Lipinski definition) is 2. The molecule has 0 aliphatic rings. The van der Waals surface area contributed by atoms with Gasteiger partial charge in [0, 0.05) is 0 Å². The first kappa shape index (κ1) is 15.1. The molecule has 0 radical (unpaired) electrons. The maximum absolute atomic E-state index is 12.0. The minimum atomic E-state index is -2.78. The van der Waals surface area contributed by atoms with E-state index in [1.807, 2.05) is 0 Å². The van der Waals surface area contributed by atoms with Crippen molar-refractivity contribution >= 4 is 18.4 Å². The zero-order chi connectivity index (χ0) is 9.72. The molecule has 80 valence electrons. The van der Waals surface area contributed by atoms with E-state index < -0.39 is 18.3 Å². The predicted molar refractivity (Wildman–Crippen MR) is 47.5 cm³/mol. The van der Waals surface area contributed by atoms with Gasteiger partial charge in [-0.1, -0.05) is 0 Å². The number of alkyl halides is 2. The van der Waals surface area contributed by atoms with Gasteiger partial charge in [-0.15, -0.1) is 12.4 Å². The molecule has 0 saturated heterocycles. The first-order valence-corrected chi connectivity index (χ1v) is 3.61. The summed E-state index contributed by atoms with van der Waals surface area (Å²) >= 11 is 0. The minimum Gasteiger partial charge on any atom is -0.481 e. The molecular weight excluding hydrogens is 204 g/mol. The van der Waals surface area contributed by atoms with E-state index in [0.29, 0.717) is 6.54 Å². The third-order valence-electron chi connectivity index (χ3n) is 1.51. The van der Waals surface area contributed by atoms with Gasteiger partial charge in [0.25, 0.3) is 6.43 Å². The molecule has 1 N–H and O–H groups in total. The topological polar surface area (TPSA) is 40.5 Å². The molecule has 0 spiro atoms. The van der Waals surface area contributed by atoms with E-state index >= 15 is 0 Å². The van der Waals surface area contributed by atoms with Crippen LogP contribution in [0.15, 0.2) is 0 Å². The third kappa shape index (κ3) is 6.72. The number of carboxylic acids is 1. The Balaban J connectivity index is 0. The van der Waals surface area contributed by atoms with Crippen LogP contribution >= 0.6 is 12.4 Å². The highest BCUT2D eigenvalue weighted by Gasteiger charge is 2.27. The quantitative estimate of drug-likeness (QED) is 0.755. The van der Waals surface area contributed by atoms with E-state index in [1.54, 1.807) is 19.0 Å². The zero-order valence-corrected chi connectivity index (χ0v) is 8.35. The van der Waals surface area contributed by atoms with Crippen molar-refractivity contribution in [2.24, 2.45) is 5.92 Å². The Labute approximate surface area is 82.1 Å². The number of carbonyl (C=O) groups is 1. The van der Waals surface area contributed by atoms with Crippen molar-refractivity contribution in [1.29, 1.82) is 0 Å². The lowest BCUT2D eigenvalue weighted by molar-refractivity contribution is -0.147. The Kier molecular flexibility index (Phi) is 8.15. The second kappa shape index (κ2) is 7.03. The van der Waals surface area contributed by atoms with E-state index in [0.717, 1.165) is 0 Å². The maximum Gasteiger partial charge on any atom is 0.312 e. The first-order valence-electron chi connectivity index (χ1n) is 3.61. The monoisotopic (exact) mass is 217 g/mol. The van der Waals surface area contributed by atoms with E-state index in [1.165, 1.54) is 0 Å². The van der Waals surface area contributed by atoms with Crippen molar-refractivity contribution in [2.75, 3.05) is 20.6 Å². The fourth-order valence-corrected chi connectivity index (χ4v) is 0.755. The number of rotatable bonds is 5. The highest BCUT2D eigenvalue weighted by molar-refractivity contribution is 5.85. The highest BCUT2D eigenvalue weighted by Crippen LogP contribution is 2.14. The molecule has 3 nitrogen and oxygen atoms in total. The minimum absolute atomic E-state index is 0. The SMILES string of the molecule is CN(C)CC[C@H](C(=O)O)C(F)F.Cl. The van der Waals surface area contributed by atoms with Gasteiger partial charge in [-0.25, -0.2) is 8.78 Å². The summed E-state index contributed by atoms with van der Waals surface area (Å²) in [6.45, 7) is 0.362. The number of halogens is 3. The summed E-state index contributed by atoms with van der Waals surface area (Å²) in [7, 11) is 3.43. The normalized spacial score (nSPS) is 12.8. The smallest absolute Gasteiger partial charge is 0.312 e. The van der Waals surface area contributed by atoms with E-state index in [2.05, 4.69) is 0 Å². The Morgan fingerprint density at radius 3 is 2.15 bits per heavy atom. The van der Waals surface area contributed by atoms with Gasteiger partial charge >= 0.3 is 5.97 Å². The molecule has 0 aromatic rings. The fourth-order valence-electron chi connectivity index (χ4n) is 0.755. The van der Waals surface area contributed by atoms with E-state index in [9.17, 15) is 13.6 Å². The van der Waals surface area contributed by atoms with Crippen molar-refractivity contribution in [3.8, 4) is 0 Å². The van der Waals surface area contributed by atoms with Gasteiger partial charge in [0.1, 0.15) is 5.92 Å². The molecular formula is C7H14ClF2NO2. The van der Waals surface area contributed by atoms with Gasteiger partial charge in [0.15, 0.2) is 0 Å². The molecule has 1 atom stereocenters. The third-order valence-corrected chi connectivity index (χ3v) is 1.51. The van der Waals surface area contributed by atoms with Crippen LogP contribution in [0.3, 0.4) is 0 Å². The van der Waals surface area contributed by atoms with Gasteiger partial charge < -0.3 is 10.0 Å². The van der Waals surface area contributed by atoms with Crippen LogP contribution < -0.4 is 0 Å². The van der Waals surface area contributed by atoms with Crippen LogP contribution in [0, 0.1) is 5.92 Å². The summed E-state index contributed by atoms with van der Waals surface area (Å²) in [6, 6.07) is 0. The zero-order valence-electron chi connectivity index (χ0n) is 7.54. The van der Waals surface area contributed by atoms with Crippen LogP contribution in [0.25, 0.3) is 0 Å². The lowest BCUT2D eigenvalue weighted by atomic mass is 10.1. The number of carboxylic acid groups (broad SMARTS) is 1.